The minimum atomic E-state index is -0.616. The molecular formula is C12H15N3O. The number of amides is 2. The minimum absolute atomic E-state index is 0.616. The van der Waals surface area contributed by atoms with E-state index in [2.05, 4.69) is 16.6 Å². The summed E-state index contributed by atoms with van der Waals surface area (Å²) < 4.78 is 0. The Balaban J connectivity index is 2.32. The maximum atomic E-state index is 10.6. The van der Waals surface area contributed by atoms with Crippen molar-refractivity contribution >= 4 is 11.7 Å². The van der Waals surface area contributed by atoms with E-state index in [1.807, 2.05) is 18.2 Å². The van der Waals surface area contributed by atoms with Gasteiger partial charge in [0.25, 0.3) is 0 Å². The molecule has 16 heavy (non-hydrogen) atoms. The lowest BCUT2D eigenvalue weighted by Gasteiger charge is -2.06. The lowest BCUT2D eigenvalue weighted by Crippen LogP contribution is -2.26. The molecule has 0 unspecified atom stereocenters. The molecule has 0 saturated heterocycles. The average molecular weight is 217 g/mol. The Hall–Kier alpha value is -1.84. The molecular weight excluding hydrogens is 202 g/mol. The molecule has 0 aliphatic heterocycles. The third-order valence-electron chi connectivity index (χ3n) is 2.74. The van der Waals surface area contributed by atoms with Gasteiger partial charge in [-0.25, -0.2) is 10.2 Å². The van der Waals surface area contributed by atoms with Gasteiger partial charge >= 0.3 is 6.03 Å². The summed E-state index contributed by atoms with van der Waals surface area (Å²) in [4.78, 5) is 10.6. The van der Waals surface area contributed by atoms with Gasteiger partial charge in [0.15, 0.2) is 0 Å². The second kappa shape index (κ2) is 4.79. The smallest absolute Gasteiger partial charge is 0.332 e. The van der Waals surface area contributed by atoms with Crippen LogP contribution in [0.25, 0.3) is 0 Å². The van der Waals surface area contributed by atoms with E-state index in [0.29, 0.717) is 0 Å². The number of nitrogens with two attached hydrogens (primary N) is 1. The van der Waals surface area contributed by atoms with Crippen LogP contribution in [0.15, 0.2) is 29.4 Å². The highest BCUT2D eigenvalue weighted by Crippen LogP contribution is 2.20. The van der Waals surface area contributed by atoms with E-state index in [9.17, 15) is 4.79 Å². The number of hydrazone groups is 1. The molecule has 3 N–H and O–H groups in total. The molecule has 1 aromatic carbocycles. The Morgan fingerprint density at radius 1 is 1.25 bits per heavy atom. The molecule has 4 heteroatoms. The maximum absolute atomic E-state index is 10.6. The predicted molar refractivity (Wildman–Crippen MR) is 63.3 cm³/mol. The van der Waals surface area contributed by atoms with Gasteiger partial charge in [0, 0.05) is 5.56 Å². The van der Waals surface area contributed by atoms with E-state index in [0.717, 1.165) is 37.0 Å². The fourth-order valence-corrected chi connectivity index (χ4v) is 2.00. The number of nitrogens with one attached hydrogen (secondary N) is 1. The quantitative estimate of drug-likeness (QED) is 0.546. The van der Waals surface area contributed by atoms with Crippen LogP contribution >= 0.6 is 0 Å². The van der Waals surface area contributed by atoms with Crippen LogP contribution in [0.2, 0.25) is 0 Å². The average Bonchev–Trinajstić information content (AvgIpc) is 2.48. The number of rotatable bonds is 1. The Labute approximate surface area is 94.5 Å². The number of nitrogens with zero attached hydrogens (tertiary/aromatic N) is 1. The summed E-state index contributed by atoms with van der Waals surface area (Å²) in [5.41, 5.74) is 10.7. The molecule has 0 bridgehead atoms. The summed E-state index contributed by atoms with van der Waals surface area (Å²) in [7, 11) is 0. The number of aryl methyl sites for hydroxylation is 1. The summed E-state index contributed by atoms with van der Waals surface area (Å²) in [5.74, 6) is 0. The number of hydrogen-bond donors (Lipinski definition) is 2. The second-order valence-electron chi connectivity index (χ2n) is 3.90. The Morgan fingerprint density at radius 3 is 2.81 bits per heavy atom. The van der Waals surface area contributed by atoms with Crippen LogP contribution in [0.1, 0.15) is 30.4 Å². The molecule has 0 heterocycles. The first-order valence-corrected chi connectivity index (χ1v) is 5.47. The van der Waals surface area contributed by atoms with E-state index < -0.39 is 6.03 Å². The van der Waals surface area contributed by atoms with Gasteiger partial charge in [0.2, 0.25) is 0 Å². The maximum Gasteiger partial charge on any atom is 0.332 e. The largest absolute Gasteiger partial charge is 0.350 e. The van der Waals surface area contributed by atoms with E-state index in [4.69, 9.17) is 5.73 Å². The molecule has 1 aliphatic rings. The van der Waals surface area contributed by atoms with Gasteiger partial charge in [0.05, 0.1) is 5.71 Å². The number of carbonyl (C=O) groups is 1. The molecule has 0 saturated carbocycles. The van der Waals surface area contributed by atoms with Gasteiger partial charge in [-0.05, 0) is 31.2 Å². The lowest BCUT2D eigenvalue weighted by molar-refractivity contribution is 0.249. The van der Waals surface area contributed by atoms with Gasteiger partial charge in [-0.3, -0.25) is 0 Å². The van der Waals surface area contributed by atoms with Crippen molar-refractivity contribution in [2.75, 3.05) is 0 Å². The van der Waals surface area contributed by atoms with Crippen LogP contribution in [-0.4, -0.2) is 11.7 Å². The zero-order valence-corrected chi connectivity index (χ0v) is 9.07. The zero-order valence-electron chi connectivity index (χ0n) is 9.07. The first kappa shape index (κ1) is 10.7. The monoisotopic (exact) mass is 217 g/mol. The molecule has 0 fully saturated rings. The third-order valence-corrected chi connectivity index (χ3v) is 2.74. The number of carbonyl (C=O) groups excluding carboxylic acids is 1. The highest BCUT2D eigenvalue weighted by molar-refractivity contribution is 6.02. The number of fused-ring (bicyclic) bond motifs is 1. The van der Waals surface area contributed by atoms with Crippen LogP contribution in [-0.2, 0) is 6.42 Å². The fourth-order valence-electron chi connectivity index (χ4n) is 2.00. The fraction of sp³-hybridized carbons (Fsp3) is 0.333. The van der Waals surface area contributed by atoms with Crippen molar-refractivity contribution in [3.8, 4) is 0 Å². The topological polar surface area (TPSA) is 67.5 Å². The van der Waals surface area contributed by atoms with Crippen LogP contribution < -0.4 is 11.2 Å². The predicted octanol–water partition coefficient (Wildman–Crippen LogP) is 1.79. The van der Waals surface area contributed by atoms with Gasteiger partial charge in [-0.15, -0.1) is 0 Å². The van der Waals surface area contributed by atoms with E-state index in [-0.39, 0.29) is 0 Å². The van der Waals surface area contributed by atoms with Gasteiger partial charge < -0.3 is 5.73 Å². The highest BCUT2D eigenvalue weighted by atomic mass is 16.2. The Kier molecular flexibility index (Phi) is 3.19. The number of benzene rings is 1. The standard InChI is InChI=1S/C12H15N3O/c13-12(16)15-14-11-8-4-2-6-9-5-1-3-7-10(9)11/h1,3,5,7H,2,4,6,8H2,(H3,13,15,16). The summed E-state index contributed by atoms with van der Waals surface area (Å²) in [6.07, 6.45) is 4.21. The van der Waals surface area contributed by atoms with Crippen molar-refractivity contribution in [3.05, 3.63) is 35.4 Å². The number of urea groups is 1. The molecule has 0 aromatic heterocycles. The number of hydrogen-bond acceptors (Lipinski definition) is 2. The minimum Gasteiger partial charge on any atom is -0.350 e. The van der Waals surface area contributed by atoms with Crippen molar-refractivity contribution in [1.82, 2.24) is 5.43 Å². The summed E-state index contributed by atoms with van der Waals surface area (Å²) in [6, 6.07) is 7.56. The van der Waals surface area contributed by atoms with Crippen molar-refractivity contribution in [2.24, 2.45) is 10.8 Å². The summed E-state index contributed by atoms with van der Waals surface area (Å²) in [5, 5.41) is 4.08. The van der Waals surface area contributed by atoms with Crippen LogP contribution in [0.3, 0.4) is 0 Å². The van der Waals surface area contributed by atoms with Gasteiger partial charge in [-0.1, -0.05) is 24.3 Å². The SMILES string of the molecule is NC(=O)NN=C1CCCCc2ccccc21. The first-order valence-electron chi connectivity index (χ1n) is 5.47. The molecule has 2 rings (SSSR count). The van der Waals surface area contributed by atoms with Gasteiger partial charge in [-0.2, -0.15) is 5.10 Å². The number of primary amides is 1. The first-order chi connectivity index (χ1) is 7.77. The molecule has 2 amide bonds. The van der Waals surface area contributed by atoms with E-state index in [1.54, 1.807) is 0 Å². The van der Waals surface area contributed by atoms with E-state index >= 15 is 0 Å². The molecule has 0 spiro atoms. The molecule has 0 atom stereocenters. The molecule has 4 nitrogen and oxygen atoms in total. The zero-order chi connectivity index (χ0) is 11.4. The Bertz CT molecular complexity index is 426. The molecule has 1 aliphatic carbocycles. The Morgan fingerprint density at radius 2 is 2.00 bits per heavy atom. The summed E-state index contributed by atoms with van der Waals surface area (Å²) in [6.45, 7) is 0. The molecule has 1 aromatic rings. The van der Waals surface area contributed by atoms with Crippen molar-refractivity contribution in [1.29, 1.82) is 0 Å². The second-order valence-corrected chi connectivity index (χ2v) is 3.90. The van der Waals surface area contributed by atoms with Crippen LogP contribution in [0, 0.1) is 0 Å². The van der Waals surface area contributed by atoms with Crippen LogP contribution in [0.5, 0.6) is 0 Å². The van der Waals surface area contributed by atoms with Crippen molar-refractivity contribution in [3.63, 3.8) is 0 Å². The third kappa shape index (κ3) is 2.39. The van der Waals surface area contributed by atoms with E-state index in [1.165, 1.54) is 5.56 Å². The highest BCUT2D eigenvalue weighted by Gasteiger charge is 2.13. The van der Waals surface area contributed by atoms with Crippen LogP contribution in [0.4, 0.5) is 4.79 Å². The van der Waals surface area contributed by atoms with Crippen molar-refractivity contribution in [2.45, 2.75) is 25.7 Å². The van der Waals surface area contributed by atoms with Crippen molar-refractivity contribution < 1.29 is 4.79 Å². The molecule has 0 radical (unpaired) electrons. The molecule has 84 valence electrons. The van der Waals surface area contributed by atoms with Gasteiger partial charge in [0.1, 0.15) is 0 Å². The summed E-state index contributed by atoms with van der Waals surface area (Å²) >= 11 is 0. The normalized spacial score (nSPS) is 17.6. The lowest BCUT2D eigenvalue weighted by atomic mass is 10.0.